The van der Waals surface area contributed by atoms with Gasteiger partial charge in [-0.2, -0.15) is 9.97 Å². The fourth-order valence-corrected chi connectivity index (χ4v) is 16.8. The molecule has 3 aliphatic heterocycles. The molecule has 0 spiro atoms. The van der Waals surface area contributed by atoms with Crippen LogP contribution in [0.5, 0.6) is 0 Å². The number of aromatic nitrogens is 6. The average Bonchev–Trinajstić information content (AvgIpc) is 0.731. The molecule has 30 heteroatoms. The number of hydrogen-bond donors (Lipinski definition) is 3. The predicted molar refractivity (Wildman–Crippen MR) is 379 cm³/mol. The van der Waals surface area contributed by atoms with Gasteiger partial charge in [0.15, 0.2) is 18.7 Å². The quantitative estimate of drug-likeness (QED) is 0.0297. The molecule has 3 aliphatic rings. The van der Waals surface area contributed by atoms with E-state index in [0.29, 0.717) is 11.1 Å². The van der Waals surface area contributed by atoms with Crippen molar-refractivity contribution in [1.82, 2.24) is 52.2 Å². The molecular weight excluding hydrogens is 1350 g/mol. The van der Waals surface area contributed by atoms with Gasteiger partial charge in [-0.3, -0.25) is 47.1 Å². The second-order valence-corrected chi connectivity index (χ2v) is 30.2. The molecule has 3 N–H and O–H groups in total. The van der Waals surface area contributed by atoms with E-state index in [0.717, 1.165) is 25.8 Å². The smallest absolute Gasteiger partial charge is 0.351 e. The molecule has 6 aromatic carbocycles. The van der Waals surface area contributed by atoms with E-state index < -0.39 is 105 Å². The summed E-state index contributed by atoms with van der Waals surface area (Å²) in [6.07, 6.45) is -2.63. The van der Waals surface area contributed by atoms with E-state index in [9.17, 15) is 33.6 Å². The number of nitrogens with zero attached hydrogens (tertiary/aromatic N) is 10. The third-order valence-electron chi connectivity index (χ3n) is 17.7. The number of nitrogens with one attached hydrogen (secondary N) is 3. The summed E-state index contributed by atoms with van der Waals surface area (Å²) in [4.78, 5) is 108. The number of H-pyrrole nitrogens is 1. The molecule has 8 atom stereocenters. The van der Waals surface area contributed by atoms with Gasteiger partial charge in [0, 0.05) is 61.5 Å². The van der Waals surface area contributed by atoms with Crippen LogP contribution in [0.1, 0.15) is 72.0 Å². The van der Waals surface area contributed by atoms with Crippen LogP contribution in [0.2, 0.25) is 0 Å². The van der Waals surface area contributed by atoms with Crippen LogP contribution in [-0.2, 0) is 42.7 Å². The summed E-state index contributed by atoms with van der Waals surface area (Å²) in [7, 11) is -2.52. The first-order chi connectivity index (χ1) is 49.2. The first kappa shape index (κ1) is 72.0. The molecule has 0 unspecified atom stereocenters. The largest absolute Gasteiger partial charge is 0.459 e. The van der Waals surface area contributed by atoms with Gasteiger partial charge in [-0.05, 0) is 100 Å². The SMILES string of the molecule is Cc1cn([C@H]2CN(C(c3ccccc3)(c3ccccc3)c3ccccc3)C[C@@H](CO[P@@](=O)(N(C)C)N3C[C@@H](CO[P@@](=O)(N(C)C)N4C[C@@H](COC(=O)c5ccccc5)O[C@@H](n5ccc(NC(=O)c6ccccc6)nc5=O)C4)O[C@@H](n4ccc(NC(=O)c5ccccc5)nc4=O)C3)O2)c(=O)[nH]c1=O. The summed E-state index contributed by atoms with van der Waals surface area (Å²) >= 11 is 0. The van der Waals surface area contributed by atoms with Crippen molar-refractivity contribution in [3.8, 4) is 0 Å². The lowest BCUT2D eigenvalue weighted by Gasteiger charge is -2.51. The van der Waals surface area contributed by atoms with E-state index in [1.165, 1.54) is 68.1 Å². The minimum absolute atomic E-state index is 0.0490. The standard InChI is InChI=1S/C72H77N13O15P2/c1-50-40-85(71(92)77-65(50)86)62-44-80(72(54-30-18-9-19-31-54,55-32-20-10-21-33-55)56-34-22-11-23-35-56)41-57(98-62)48-96-102(94,79(4)5)82-43-59(100-64(46-82)84-39-37-61(76-70(84)91)74-67(88)52-26-14-7-15-27-52)49-97-101(93,78(2)3)81-42-58(47-95-68(89)53-28-16-8-17-29-53)99-63(45-81)83-38-36-60(75-69(83)90)73-66(87)51-24-12-6-13-25-51/h6-40,57-59,62-64H,41-49H2,1-5H3,(H,77,86,92)(H,73,75,87,90)(H,74,76,88,91)/t57-,58-,59-,62+,63+,64+,101-,102-/m0/s1. The zero-order valence-electron chi connectivity index (χ0n) is 56.5. The highest BCUT2D eigenvalue weighted by molar-refractivity contribution is 7.54. The first-order valence-electron chi connectivity index (χ1n) is 32.9. The highest BCUT2D eigenvalue weighted by atomic mass is 31.2. The molecule has 9 aromatic rings. The van der Waals surface area contributed by atoms with Gasteiger partial charge in [-0.25, -0.2) is 37.9 Å². The number of anilines is 2. The lowest BCUT2D eigenvalue weighted by Crippen LogP contribution is -2.58. The number of benzene rings is 6. The number of aromatic amines is 1. The van der Waals surface area contributed by atoms with Crippen LogP contribution < -0.4 is 33.3 Å². The van der Waals surface area contributed by atoms with Crippen LogP contribution in [0, 0.1) is 6.92 Å². The van der Waals surface area contributed by atoms with Crippen molar-refractivity contribution < 1.29 is 51.5 Å². The van der Waals surface area contributed by atoms with Gasteiger partial charge in [0.05, 0.1) is 49.6 Å². The van der Waals surface area contributed by atoms with E-state index >= 15 is 9.13 Å². The summed E-state index contributed by atoms with van der Waals surface area (Å²) in [5, 5.41) is 5.30. The second kappa shape index (κ2) is 31.6. The van der Waals surface area contributed by atoms with E-state index in [-0.39, 0.29) is 75.2 Å². The van der Waals surface area contributed by atoms with Crippen LogP contribution in [0.4, 0.5) is 11.6 Å². The van der Waals surface area contributed by atoms with Gasteiger partial charge in [-0.1, -0.05) is 146 Å². The van der Waals surface area contributed by atoms with Crippen molar-refractivity contribution >= 4 is 44.8 Å². The van der Waals surface area contributed by atoms with Gasteiger partial charge >= 0.3 is 38.4 Å². The van der Waals surface area contributed by atoms with Crippen molar-refractivity contribution in [1.29, 1.82) is 0 Å². The zero-order chi connectivity index (χ0) is 71.7. The summed E-state index contributed by atoms with van der Waals surface area (Å²) in [5.41, 5.74) is -0.222. The monoisotopic (exact) mass is 1430 g/mol. The molecule has 0 radical (unpaired) electrons. The Morgan fingerprint density at radius 2 is 0.873 bits per heavy atom. The number of rotatable bonds is 24. The average molecular weight is 1430 g/mol. The molecule has 12 rings (SSSR count). The number of esters is 1. The molecule has 3 aromatic heterocycles. The lowest BCUT2D eigenvalue weighted by atomic mass is 9.75. The Hall–Kier alpha value is -9.77. The molecular formula is C72H77N13O15P2. The van der Waals surface area contributed by atoms with Crippen LogP contribution in [0.3, 0.4) is 0 Å². The maximum atomic E-state index is 16.4. The molecule has 0 aliphatic carbocycles. The highest BCUT2D eigenvalue weighted by Gasteiger charge is 2.50. The van der Waals surface area contributed by atoms with Crippen molar-refractivity contribution in [3.63, 3.8) is 0 Å². The molecule has 0 bridgehead atoms. The number of ether oxygens (including phenoxy) is 4. The van der Waals surface area contributed by atoms with Gasteiger partial charge in [0.25, 0.3) is 17.4 Å². The minimum atomic E-state index is -4.37. The van der Waals surface area contributed by atoms with E-state index in [2.05, 4.69) is 30.5 Å². The minimum Gasteiger partial charge on any atom is -0.459 e. The summed E-state index contributed by atoms with van der Waals surface area (Å²) in [6.45, 7) is -0.411. The Balaban J connectivity index is 0.870. The predicted octanol–water partition coefficient (Wildman–Crippen LogP) is 7.68. The Morgan fingerprint density at radius 1 is 0.500 bits per heavy atom. The second-order valence-electron chi connectivity index (χ2n) is 25.0. The number of hydrogen-bond acceptors (Lipinski definition) is 18. The Morgan fingerprint density at radius 3 is 1.27 bits per heavy atom. The van der Waals surface area contributed by atoms with Crippen molar-refractivity contribution in [3.05, 3.63) is 293 Å². The maximum absolute atomic E-state index is 16.4. The zero-order valence-corrected chi connectivity index (χ0v) is 58.3. The Bertz CT molecular complexity index is 4680. The number of morpholine rings is 3. The topological polar surface area (TPSA) is 306 Å². The van der Waals surface area contributed by atoms with Gasteiger partial charge in [0.1, 0.15) is 24.3 Å². The number of aryl methyl sites for hydroxylation is 1. The molecule has 3 saturated heterocycles. The number of carbonyl (C=O) groups excluding carboxylic acids is 3. The van der Waals surface area contributed by atoms with E-state index in [4.69, 9.17) is 28.0 Å². The molecule has 102 heavy (non-hydrogen) atoms. The molecule has 28 nitrogen and oxygen atoms in total. The van der Waals surface area contributed by atoms with Crippen LogP contribution in [0.25, 0.3) is 0 Å². The van der Waals surface area contributed by atoms with Crippen molar-refractivity contribution in [2.75, 3.05) is 97.9 Å². The van der Waals surface area contributed by atoms with Crippen molar-refractivity contribution in [2.45, 2.75) is 49.5 Å². The van der Waals surface area contributed by atoms with E-state index in [1.54, 1.807) is 112 Å². The van der Waals surface area contributed by atoms with Crippen LogP contribution >= 0.6 is 15.3 Å². The van der Waals surface area contributed by atoms with Gasteiger partial charge in [0.2, 0.25) is 0 Å². The van der Waals surface area contributed by atoms with Crippen molar-refractivity contribution in [2.24, 2.45) is 0 Å². The Labute approximate surface area is 586 Å². The summed E-state index contributed by atoms with van der Waals surface area (Å²) < 4.78 is 81.2. The molecule has 3 fully saturated rings. The number of carbonyl (C=O) groups is 3. The fraction of sp³-hybridized carbons (Fsp3) is 0.292. The number of amides is 2. The third kappa shape index (κ3) is 15.8. The Kier molecular flexibility index (Phi) is 22.3. The molecule has 0 saturated carbocycles. The van der Waals surface area contributed by atoms with E-state index in [1.807, 2.05) is 91.0 Å². The molecule has 530 valence electrons. The van der Waals surface area contributed by atoms with Gasteiger partial charge < -0.3 is 38.6 Å². The maximum Gasteiger partial charge on any atom is 0.351 e. The third-order valence-corrected chi connectivity index (χ3v) is 22.8. The summed E-state index contributed by atoms with van der Waals surface area (Å²) in [5.74, 6) is -1.81. The lowest BCUT2D eigenvalue weighted by molar-refractivity contribution is -0.150. The summed E-state index contributed by atoms with van der Waals surface area (Å²) in [6, 6.07) is 57.5. The van der Waals surface area contributed by atoms with Crippen LogP contribution in [0.15, 0.2) is 232 Å². The van der Waals surface area contributed by atoms with Crippen LogP contribution in [-0.4, -0.2) is 176 Å². The molecule has 2 amide bonds. The molecule has 6 heterocycles. The fourth-order valence-electron chi connectivity index (χ4n) is 12.8. The first-order valence-corrected chi connectivity index (χ1v) is 35.9. The highest BCUT2D eigenvalue weighted by Crippen LogP contribution is 2.57. The van der Waals surface area contributed by atoms with Gasteiger partial charge in [-0.15, -0.1) is 0 Å². The normalized spacial score (nSPS) is 20.4.